The van der Waals surface area contributed by atoms with Gasteiger partial charge in [0.15, 0.2) is 13.7 Å². The summed E-state index contributed by atoms with van der Waals surface area (Å²) in [4.78, 5) is 0. The molecule has 0 saturated carbocycles. The minimum Gasteiger partial charge on any atom is -0.454 e. The molecule has 3 nitrogen and oxygen atoms in total. The zero-order valence-electron chi connectivity index (χ0n) is 43.2. The molecule has 3 heterocycles. The Balaban J connectivity index is 1.19. The van der Waals surface area contributed by atoms with Crippen LogP contribution in [0.25, 0.3) is 88.1 Å². The molecule has 300 valence electrons. The topological polar surface area (TPSA) is 23.0 Å². The van der Waals surface area contributed by atoms with Gasteiger partial charge in [0.05, 0.1) is 45.5 Å². The van der Waals surface area contributed by atoms with E-state index in [4.69, 9.17) is 9.90 Å². The number of hydrogen-bond donors (Lipinski definition) is 0. The summed E-state index contributed by atoms with van der Waals surface area (Å²) in [5.74, 6) is 0. The molecular formula is C60H40N2OSi. The summed E-state index contributed by atoms with van der Waals surface area (Å²) in [6.07, 6.45) is 0. The van der Waals surface area contributed by atoms with Crippen LogP contribution in [0.5, 0.6) is 0 Å². The first-order chi connectivity index (χ1) is 35.5. The predicted molar refractivity (Wildman–Crippen MR) is 271 cm³/mol. The van der Waals surface area contributed by atoms with Crippen molar-refractivity contribution in [3.63, 3.8) is 0 Å². The molecule has 0 N–H and O–H groups in total. The van der Waals surface area contributed by atoms with Crippen LogP contribution < -0.4 is 20.7 Å². The monoisotopic (exact) mass is 841 g/mol. The van der Waals surface area contributed by atoms with E-state index < -0.39 is 38.3 Å². The Bertz CT molecular complexity index is 4330. The van der Waals surface area contributed by atoms with Gasteiger partial charge in [0.1, 0.15) is 5.58 Å². The number of hydrogen-bond acceptors (Lipinski definition) is 1. The van der Waals surface area contributed by atoms with Crippen LogP contribution in [0.2, 0.25) is 0 Å². The summed E-state index contributed by atoms with van der Waals surface area (Å²) < 4.78 is 94.6. The van der Waals surface area contributed by atoms with Crippen LogP contribution >= 0.6 is 0 Å². The van der Waals surface area contributed by atoms with Gasteiger partial charge in [0.25, 0.3) is 0 Å². The molecule has 0 atom stereocenters. The minimum atomic E-state index is -3.17. The maximum Gasteiger partial charge on any atom is 0.179 e. The fourth-order valence-electron chi connectivity index (χ4n) is 10.1. The smallest absolute Gasteiger partial charge is 0.179 e. The third-order valence-electron chi connectivity index (χ3n) is 12.8. The molecule has 0 saturated heterocycles. The number of benzene rings is 10. The number of furan rings is 1. The number of nitrogens with zero attached hydrogens (tertiary/aromatic N) is 2. The fourth-order valence-corrected chi connectivity index (χ4v) is 14.9. The van der Waals surface area contributed by atoms with Crippen molar-refractivity contribution < 1.29 is 16.8 Å². The normalized spacial score (nSPS) is 14.0. The third kappa shape index (κ3) is 5.33. The Morgan fingerprint density at radius 1 is 0.406 bits per heavy atom. The van der Waals surface area contributed by atoms with Crippen molar-refractivity contribution in [3.8, 4) is 22.5 Å². The highest BCUT2D eigenvalue weighted by molar-refractivity contribution is 7.19. The lowest BCUT2D eigenvalue weighted by atomic mass is 10.1. The second-order valence-electron chi connectivity index (χ2n) is 16.1. The SMILES string of the molecule is [2H]c1c([2H])c([2H])c2c(oc3c(-n4c5ccccc5c5ccccc54)c([2H])c4c5c([2H])c([2H])c([2H])c([2H])c5n(-c5ccc([Si](c6ccccc6)(c6ccccc6)c6cccc(-c7ccccc7)c6)cc5)c4c32)c1[2H]. The molecule has 0 amide bonds. The molecule has 0 aliphatic carbocycles. The maximum atomic E-state index is 10.4. The molecule has 0 unspecified atom stereocenters. The van der Waals surface area contributed by atoms with Crippen LogP contribution in [0.3, 0.4) is 0 Å². The zero-order valence-corrected chi connectivity index (χ0v) is 35.2. The molecule has 0 radical (unpaired) electrons. The van der Waals surface area contributed by atoms with Gasteiger partial charge < -0.3 is 13.6 Å². The summed E-state index contributed by atoms with van der Waals surface area (Å²) in [5.41, 5.74) is 4.76. The van der Waals surface area contributed by atoms with E-state index in [0.717, 1.165) is 53.7 Å². The van der Waals surface area contributed by atoms with Crippen LogP contribution in [-0.4, -0.2) is 17.2 Å². The largest absolute Gasteiger partial charge is 0.454 e. The van der Waals surface area contributed by atoms with Gasteiger partial charge in [-0.3, -0.25) is 0 Å². The van der Waals surface area contributed by atoms with Gasteiger partial charge in [0.2, 0.25) is 0 Å². The quantitative estimate of drug-likeness (QED) is 0.116. The second kappa shape index (κ2) is 14.5. The molecule has 13 rings (SSSR count). The van der Waals surface area contributed by atoms with Gasteiger partial charge in [-0.15, -0.1) is 0 Å². The first-order valence-electron chi connectivity index (χ1n) is 25.8. The highest BCUT2D eigenvalue weighted by Crippen LogP contribution is 2.45. The Morgan fingerprint density at radius 3 is 1.64 bits per heavy atom. The molecule has 4 heteroatoms. The van der Waals surface area contributed by atoms with E-state index in [2.05, 4.69) is 97.1 Å². The fraction of sp³-hybridized carbons (Fsp3) is 0. The maximum absolute atomic E-state index is 10.4. The zero-order chi connectivity index (χ0) is 50.0. The van der Waals surface area contributed by atoms with Crippen LogP contribution in [0.1, 0.15) is 12.3 Å². The van der Waals surface area contributed by atoms with Crippen molar-refractivity contribution in [2.45, 2.75) is 0 Å². The lowest BCUT2D eigenvalue weighted by Gasteiger charge is -2.35. The lowest BCUT2D eigenvalue weighted by molar-refractivity contribution is 0.666. The van der Waals surface area contributed by atoms with Crippen molar-refractivity contribution >= 4 is 94.4 Å². The molecule has 10 aromatic carbocycles. The minimum absolute atomic E-state index is 0.0711. The molecule has 0 aliphatic rings. The van der Waals surface area contributed by atoms with Crippen LogP contribution in [0, 0.1) is 0 Å². The Hall–Kier alpha value is -8.18. The van der Waals surface area contributed by atoms with E-state index >= 15 is 0 Å². The van der Waals surface area contributed by atoms with Crippen molar-refractivity contribution in [2.24, 2.45) is 0 Å². The summed E-state index contributed by atoms with van der Waals surface area (Å²) in [5, 5.41) is 6.90. The van der Waals surface area contributed by atoms with Gasteiger partial charge in [-0.2, -0.15) is 0 Å². The van der Waals surface area contributed by atoms with Crippen molar-refractivity contribution in [2.75, 3.05) is 0 Å². The molecule has 0 bridgehead atoms. The van der Waals surface area contributed by atoms with Gasteiger partial charge >= 0.3 is 0 Å². The van der Waals surface area contributed by atoms with E-state index in [1.165, 1.54) is 0 Å². The van der Waals surface area contributed by atoms with Crippen LogP contribution in [0.4, 0.5) is 0 Å². The molecule has 0 spiro atoms. The van der Waals surface area contributed by atoms with E-state index in [-0.39, 0.29) is 73.6 Å². The van der Waals surface area contributed by atoms with E-state index in [1.54, 1.807) is 4.57 Å². The average molecular weight is 842 g/mol. The molecule has 13 aromatic rings. The highest BCUT2D eigenvalue weighted by atomic mass is 28.3. The Labute approximate surface area is 384 Å². The number of rotatable bonds is 7. The highest BCUT2D eigenvalue weighted by Gasteiger charge is 2.41. The number of fused-ring (bicyclic) bond motifs is 10. The van der Waals surface area contributed by atoms with Crippen molar-refractivity contribution in [3.05, 3.63) is 242 Å². The van der Waals surface area contributed by atoms with Gasteiger partial charge in [-0.05, 0) is 74.3 Å². The van der Waals surface area contributed by atoms with Gasteiger partial charge in [-0.25, -0.2) is 0 Å². The third-order valence-corrected chi connectivity index (χ3v) is 17.6. The number of aromatic nitrogens is 2. The second-order valence-corrected chi connectivity index (χ2v) is 19.9. The van der Waals surface area contributed by atoms with E-state index in [9.17, 15) is 6.85 Å². The summed E-state index contributed by atoms with van der Waals surface area (Å²) in [6, 6.07) is 60.4. The Morgan fingerprint density at radius 2 is 0.953 bits per heavy atom. The molecular weight excluding hydrogens is 793 g/mol. The standard InChI is InChI=1S/C60H40N2OSi/c1-4-19-41(20-5-1)42-21-18-26-47(39-42)64(44-22-6-2-7-23-44,45-24-8-3-9-25-45)46-37-35-43(36-38-46)61-53-31-14-12-29-50(53)52-40-56(60-58(59(52)61)51-30-13-17-34-57(51)63-60)62-54-32-15-10-27-48(54)49-28-11-16-33-55(49)62/h1-40H/i12D,13D,14D,17D,29D,30D,31D,34D,40D. The van der Waals surface area contributed by atoms with Crippen molar-refractivity contribution in [1.29, 1.82) is 0 Å². The summed E-state index contributed by atoms with van der Waals surface area (Å²) in [7, 11) is -3.17. The Kier molecular flexibility index (Phi) is 6.42. The molecule has 0 aliphatic heterocycles. The average Bonchev–Trinajstić information content (AvgIpc) is 4.12. The molecule has 64 heavy (non-hydrogen) atoms. The van der Waals surface area contributed by atoms with Gasteiger partial charge in [-0.1, -0.05) is 200 Å². The first kappa shape index (κ1) is 28.4. The number of para-hydroxylation sites is 4. The van der Waals surface area contributed by atoms with E-state index in [1.807, 2.05) is 95.6 Å². The van der Waals surface area contributed by atoms with Crippen LogP contribution in [-0.2, 0) is 0 Å². The summed E-state index contributed by atoms with van der Waals surface area (Å²) in [6.45, 7) is 0. The predicted octanol–water partition coefficient (Wildman–Crippen LogP) is 12.8. The lowest BCUT2D eigenvalue weighted by Crippen LogP contribution is -2.74. The van der Waals surface area contributed by atoms with E-state index in [0.29, 0.717) is 5.69 Å². The van der Waals surface area contributed by atoms with Crippen molar-refractivity contribution in [1.82, 2.24) is 9.13 Å². The van der Waals surface area contributed by atoms with Gasteiger partial charge in [0, 0.05) is 32.6 Å². The molecule has 0 fully saturated rings. The molecule has 3 aromatic heterocycles. The summed E-state index contributed by atoms with van der Waals surface area (Å²) >= 11 is 0. The van der Waals surface area contributed by atoms with Crippen LogP contribution in [0.15, 0.2) is 247 Å². The first-order valence-corrected chi connectivity index (χ1v) is 23.3.